The van der Waals surface area contributed by atoms with Crippen molar-refractivity contribution in [2.24, 2.45) is 9.98 Å². The van der Waals surface area contributed by atoms with E-state index in [9.17, 15) is 0 Å². The van der Waals surface area contributed by atoms with Crippen LogP contribution in [0, 0.1) is 24.2 Å². The number of terminal acetylenes is 1. The maximum Gasteiger partial charge on any atom is 0.221 e. The molecule has 248 valence electrons. The Kier molecular flexibility index (Phi) is 11.0. The highest BCUT2D eigenvalue weighted by Gasteiger charge is 2.14. The first-order valence-corrected chi connectivity index (χ1v) is 16.5. The van der Waals surface area contributed by atoms with Gasteiger partial charge in [-0.25, -0.2) is 9.97 Å². The number of hydrogen-bond donors (Lipinski definition) is 4. The van der Waals surface area contributed by atoms with Gasteiger partial charge in [-0.2, -0.15) is 9.97 Å². The van der Waals surface area contributed by atoms with E-state index < -0.39 is 0 Å². The molecule has 0 saturated carbocycles. The molecule has 51 heavy (non-hydrogen) atoms. The number of fused-ring (bicyclic) bond motifs is 2. The summed E-state index contributed by atoms with van der Waals surface area (Å²) in [7, 11) is 0. The molecule has 2 aromatic heterocycles. The molecule has 2 aliphatic rings. The van der Waals surface area contributed by atoms with E-state index in [1.807, 2.05) is 97.4 Å². The number of nitrogen functional groups attached to an aromatic ring is 2. The third kappa shape index (κ3) is 9.42. The fraction of sp³-hybridized carbons (Fsp3) is 0.0500. The van der Waals surface area contributed by atoms with E-state index in [2.05, 4.69) is 74.2 Å². The van der Waals surface area contributed by atoms with Gasteiger partial charge in [-0.15, -0.1) is 6.42 Å². The topological polar surface area (TPSA) is 152 Å². The first-order chi connectivity index (χ1) is 24.9. The number of nitrogens with two attached hydrogens (primary N) is 2. The Morgan fingerprint density at radius 3 is 1.71 bits per heavy atom. The van der Waals surface area contributed by atoms with E-state index in [1.165, 1.54) is 5.56 Å². The summed E-state index contributed by atoms with van der Waals surface area (Å²) in [6.07, 6.45) is 12.1. The second kappa shape index (κ2) is 16.5. The zero-order chi connectivity index (χ0) is 35.4. The minimum Gasteiger partial charge on any atom is -0.368 e. The maximum absolute atomic E-state index is 5.64. The summed E-state index contributed by atoms with van der Waals surface area (Å²) < 4.78 is 1.04. The fourth-order valence-electron chi connectivity index (χ4n) is 5.03. The van der Waals surface area contributed by atoms with Gasteiger partial charge in [-0.1, -0.05) is 70.1 Å². The predicted octanol–water partition coefficient (Wildman–Crippen LogP) is 7.30. The first kappa shape index (κ1) is 34.1. The van der Waals surface area contributed by atoms with Gasteiger partial charge in [0.1, 0.15) is 11.6 Å². The Balaban J connectivity index is 0.000000150. The van der Waals surface area contributed by atoms with E-state index >= 15 is 0 Å². The molecule has 4 heterocycles. The lowest BCUT2D eigenvalue weighted by atomic mass is 10.0. The zero-order valence-corrected chi connectivity index (χ0v) is 28.8. The molecule has 2 aliphatic heterocycles. The molecule has 0 aliphatic carbocycles. The van der Waals surface area contributed by atoms with Gasteiger partial charge < -0.3 is 22.1 Å². The third-order valence-corrected chi connectivity index (χ3v) is 8.13. The smallest absolute Gasteiger partial charge is 0.221 e. The Bertz CT molecular complexity index is 2320. The van der Waals surface area contributed by atoms with Crippen LogP contribution in [0.3, 0.4) is 0 Å². The van der Waals surface area contributed by atoms with Crippen molar-refractivity contribution in [3.05, 3.63) is 153 Å². The molecule has 0 spiro atoms. The lowest BCUT2D eigenvalue weighted by Crippen LogP contribution is -2.00. The van der Waals surface area contributed by atoms with Gasteiger partial charge in [0.15, 0.2) is 0 Å². The molecule has 0 atom stereocenters. The zero-order valence-electron chi connectivity index (χ0n) is 27.3. The summed E-state index contributed by atoms with van der Waals surface area (Å²) >= 11 is 3.55. The molecule has 11 heteroatoms. The normalized spacial score (nSPS) is 11.3. The van der Waals surface area contributed by atoms with E-state index in [4.69, 9.17) is 17.9 Å². The molecule has 10 nitrogen and oxygen atoms in total. The Morgan fingerprint density at radius 2 is 1.16 bits per heavy atom. The summed E-state index contributed by atoms with van der Waals surface area (Å²) in [5, 5.41) is 6.44. The van der Waals surface area contributed by atoms with Crippen molar-refractivity contribution in [1.82, 2.24) is 19.9 Å². The molecule has 0 fully saturated rings. The number of benzene rings is 4. The van der Waals surface area contributed by atoms with Crippen LogP contribution in [-0.4, -0.2) is 32.4 Å². The van der Waals surface area contributed by atoms with E-state index in [-0.39, 0.29) is 11.9 Å². The molecular weight excluding hydrogens is 700 g/mol. The lowest BCUT2D eigenvalue weighted by Gasteiger charge is -2.09. The molecule has 0 saturated heterocycles. The molecule has 6 aromatic rings. The summed E-state index contributed by atoms with van der Waals surface area (Å²) in [4.78, 5) is 24.6. The SMILES string of the molecule is C#Cc1ccccc1.Nc1nccc(Nc2cc(Br)c3c(c2)C=NC3)n1.Nc1nccc(Nc2cc(C#Cc3ccccc3)c3c(c2)C=NC3)n1. The summed E-state index contributed by atoms with van der Waals surface area (Å²) in [5.41, 5.74) is 20.4. The number of nitrogens with one attached hydrogen (secondary N) is 2. The van der Waals surface area contributed by atoms with Crippen LogP contribution in [0.1, 0.15) is 38.9 Å². The van der Waals surface area contributed by atoms with Crippen molar-refractivity contribution in [2.75, 3.05) is 22.1 Å². The van der Waals surface area contributed by atoms with Crippen molar-refractivity contribution in [3.8, 4) is 24.2 Å². The second-order valence-electron chi connectivity index (χ2n) is 11.0. The number of nitrogens with zero attached hydrogens (tertiary/aromatic N) is 6. The van der Waals surface area contributed by atoms with Crippen LogP contribution in [0.15, 0.2) is 124 Å². The number of aromatic nitrogens is 4. The summed E-state index contributed by atoms with van der Waals surface area (Å²) in [5.74, 6) is 10.8. The number of aliphatic imine (C=N–C) groups is 2. The molecule has 4 aromatic carbocycles. The molecule has 0 unspecified atom stereocenters. The molecule has 8 rings (SSSR count). The van der Waals surface area contributed by atoms with Gasteiger partial charge in [-0.05, 0) is 71.8 Å². The minimum atomic E-state index is 0.233. The average Bonchev–Trinajstić information content (AvgIpc) is 3.83. The predicted molar refractivity (Wildman–Crippen MR) is 209 cm³/mol. The molecular formula is C40H31BrN10. The largest absolute Gasteiger partial charge is 0.368 e. The highest BCUT2D eigenvalue weighted by molar-refractivity contribution is 9.10. The fourth-order valence-corrected chi connectivity index (χ4v) is 5.63. The third-order valence-electron chi connectivity index (χ3n) is 7.42. The van der Waals surface area contributed by atoms with Crippen LogP contribution < -0.4 is 22.1 Å². The van der Waals surface area contributed by atoms with Crippen LogP contribution in [0.4, 0.5) is 34.9 Å². The Labute approximate surface area is 304 Å². The minimum absolute atomic E-state index is 0.233. The standard InChI is InChI=1S/C20H15N5.C12H10BrN5.C8H6/c21-20-23-9-8-19(25-20)24-17-10-15(18-13-22-12-16(18)11-17)7-6-14-4-2-1-3-5-14;13-10-4-8(3-7-5-15-6-9(7)10)17-11-1-2-16-12(14)18-11;1-2-8-6-4-3-5-7-8/h1-5,8-12H,13H2,(H3,21,23,24,25);1-5H,6H2,(H3,14,16,17,18);1,3-7H. The van der Waals surface area contributed by atoms with Gasteiger partial charge in [0.05, 0.1) is 13.1 Å². The van der Waals surface area contributed by atoms with E-state index in [0.717, 1.165) is 55.8 Å². The van der Waals surface area contributed by atoms with Crippen LogP contribution >= 0.6 is 15.9 Å². The van der Waals surface area contributed by atoms with Crippen LogP contribution in [0.2, 0.25) is 0 Å². The van der Waals surface area contributed by atoms with Crippen molar-refractivity contribution in [2.45, 2.75) is 13.1 Å². The molecule has 0 bridgehead atoms. The van der Waals surface area contributed by atoms with Gasteiger partial charge in [-0.3, -0.25) is 9.98 Å². The molecule has 0 amide bonds. The highest BCUT2D eigenvalue weighted by Crippen LogP contribution is 2.30. The molecule has 0 radical (unpaired) electrons. The molecule has 6 N–H and O–H groups in total. The summed E-state index contributed by atoms with van der Waals surface area (Å²) in [6, 6.07) is 31.2. The lowest BCUT2D eigenvalue weighted by molar-refractivity contribution is 1.10. The number of hydrogen-bond acceptors (Lipinski definition) is 10. The van der Waals surface area contributed by atoms with Crippen molar-refractivity contribution >= 4 is 63.3 Å². The van der Waals surface area contributed by atoms with Crippen molar-refractivity contribution in [3.63, 3.8) is 0 Å². The van der Waals surface area contributed by atoms with Gasteiger partial charge in [0.25, 0.3) is 0 Å². The Morgan fingerprint density at radius 1 is 0.627 bits per heavy atom. The van der Waals surface area contributed by atoms with Crippen LogP contribution in [-0.2, 0) is 13.1 Å². The maximum atomic E-state index is 5.64. The van der Waals surface area contributed by atoms with Gasteiger partial charge in [0.2, 0.25) is 11.9 Å². The Hall–Kier alpha value is -6.82. The van der Waals surface area contributed by atoms with E-state index in [1.54, 1.807) is 24.5 Å². The summed E-state index contributed by atoms with van der Waals surface area (Å²) in [6.45, 7) is 1.39. The quantitative estimate of drug-likeness (QED) is 0.138. The second-order valence-corrected chi connectivity index (χ2v) is 11.9. The number of rotatable bonds is 4. The first-order valence-electron chi connectivity index (χ1n) is 15.7. The van der Waals surface area contributed by atoms with Crippen LogP contribution in [0.5, 0.6) is 0 Å². The monoisotopic (exact) mass is 730 g/mol. The van der Waals surface area contributed by atoms with Gasteiger partial charge in [0, 0.05) is 68.5 Å². The van der Waals surface area contributed by atoms with Crippen molar-refractivity contribution < 1.29 is 0 Å². The van der Waals surface area contributed by atoms with Crippen LogP contribution in [0.25, 0.3) is 0 Å². The number of halogens is 1. The van der Waals surface area contributed by atoms with Crippen molar-refractivity contribution in [1.29, 1.82) is 0 Å². The average molecular weight is 732 g/mol. The van der Waals surface area contributed by atoms with Gasteiger partial charge >= 0.3 is 0 Å². The highest BCUT2D eigenvalue weighted by atomic mass is 79.9. The number of anilines is 6. The van der Waals surface area contributed by atoms with E-state index in [0.29, 0.717) is 18.2 Å².